The number of ether oxygens (including phenoxy) is 2. The Hall–Kier alpha value is -1.02. The maximum atomic E-state index is 5.96. The van der Waals surface area contributed by atoms with Crippen LogP contribution >= 0.6 is 0 Å². The van der Waals surface area contributed by atoms with Crippen LogP contribution < -0.4 is 0 Å². The van der Waals surface area contributed by atoms with Crippen molar-refractivity contribution in [2.45, 2.75) is 53.6 Å². The van der Waals surface area contributed by atoms with Crippen LogP contribution in [0.5, 0.6) is 0 Å². The van der Waals surface area contributed by atoms with Crippen molar-refractivity contribution >= 4 is 0 Å². The standard InChI is InChI=1S/C17H28O2/c1-6-9-10-11-16(19-13-15-12-18-15)14(4)17(5,7-2)8-3/h6,9-11,15H,7-8,12-13H2,1-5H3/b9-6-,11-10-,16-14+. The van der Waals surface area contributed by atoms with Gasteiger partial charge in [0.25, 0.3) is 0 Å². The normalized spacial score (nSPS) is 21.0. The molecule has 1 unspecified atom stereocenters. The summed E-state index contributed by atoms with van der Waals surface area (Å²) < 4.78 is 11.2. The van der Waals surface area contributed by atoms with Crippen LogP contribution in [0, 0.1) is 5.41 Å². The highest BCUT2D eigenvalue weighted by atomic mass is 16.6. The SMILES string of the molecule is C\C=C/C=C\C(OCC1CO1)=C(\C)C(C)(CC)CC. The molecule has 0 aromatic carbocycles. The molecule has 0 aromatic heterocycles. The van der Waals surface area contributed by atoms with Gasteiger partial charge in [-0.05, 0) is 43.8 Å². The molecule has 0 N–H and O–H groups in total. The van der Waals surface area contributed by atoms with Gasteiger partial charge in [0.05, 0.1) is 6.61 Å². The Labute approximate surface area is 118 Å². The zero-order valence-corrected chi connectivity index (χ0v) is 13.0. The van der Waals surface area contributed by atoms with Crippen molar-refractivity contribution in [1.29, 1.82) is 0 Å². The lowest BCUT2D eigenvalue weighted by Gasteiger charge is -2.29. The molecule has 0 amide bonds. The molecule has 0 aromatic rings. The van der Waals surface area contributed by atoms with E-state index >= 15 is 0 Å². The molecule has 1 atom stereocenters. The van der Waals surface area contributed by atoms with Crippen LogP contribution in [0.3, 0.4) is 0 Å². The van der Waals surface area contributed by atoms with Crippen LogP contribution in [0.2, 0.25) is 0 Å². The Morgan fingerprint density at radius 2 is 1.95 bits per heavy atom. The van der Waals surface area contributed by atoms with Gasteiger partial charge in [0.2, 0.25) is 0 Å². The highest BCUT2D eigenvalue weighted by Crippen LogP contribution is 2.36. The van der Waals surface area contributed by atoms with E-state index in [1.807, 2.05) is 25.2 Å². The van der Waals surface area contributed by atoms with Crippen LogP contribution in [0.4, 0.5) is 0 Å². The minimum atomic E-state index is 0.208. The molecule has 1 fully saturated rings. The van der Waals surface area contributed by atoms with Crippen molar-refractivity contribution in [2.24, 2.45) is 5.41 Å². The fraction of sp³-hybridized carbons (Fsp3) is 0.647. The molecule has 0 spiro atoms. The zero-order chi connectivity index (χ0) is 14.3. The van der Waals surface area contributed by atoms with Gasteiger partial charge in [0.1, 0.15) is 18.5 Å². The highest BCUT2D eigenvalue weighted by Gasteiger charge is 2.27. The molecular weight excluding hydrogens is 236 g/mol. The average molecular weight is 264 g/mol. The van der Waals surface area contributed by atoms with Crippen molar-refractivity contribution < 1.29 is 9.47 Å². The van der Waals surface area contributed by atoms with Crippen molar-refractivity contribution in [1.82, 2.24) is 0 Å². The van der Waals surface area contributed by atoms with E-state index in [-0.39, 0.29) is 5.41 Å². The first-order valence-corrected chi connectivity index (χ1v) is 7.32. The van der Waals surface area contributed by atoms with Crippen molar-refractivity contribution in [3.05, 3.63) is 35.6 Å². The summed E-state index contributed by atoms with van der Waals surface area (Å²) in [7, 11) is 0. The zero-order valence-electron chi connectivity index (χ0n) is 13.0. The first kappa shape index (κ1) is 16.0. The van der Waals surface area contributed by atoms with Crippen LogP contribution in [-0.2, 0) is 9.47 Å². The van der Waals surface area contributed by atoms with Crippen LogP contribution in [-0.4, -0.2) is 19.3 Å². The van der Waals surface area contributed by atoms with Gasteiger partial charge in [-0.15, -0.1) is 0 Å². The monoisotopic (exact) mass is 264 g/mol. The number of rotatable bonds is 8. The Kier molecular flexibility index (Phi) is 6.36. The molecule has 1 rings (SSSR count). The summed E-state index contributed by atoms with van der Waals surface area (Å²) in [6.45, 7) is 12.5. The highest BCUT2D eigenvalue weighted by molar-refractivity contribution is 5.26. The Morgan fingerprint density at radius 1 is 1.32 bits per heavy atom. The predicted molar refractivity (Wildman–Crippen MR) is 81.0 cm³/mol. The second-order valence-electron chi connectivity index (χ2n) is 5.41. The summed E-state index contributed by atoms with van der Waals surface area (Å²) in [4.78, 5) is 0. The van der Waals surface area contributed by atoms with Crippen LogP contribution in [0.25, 0.3) is 0 Å². The second kappa shape index (κ2) is 7.54. The summed E-state index contributed by atoms with van der Waals surface area (Å²) in [5.41, 5.74) is 1.54. The molecule has 1 heterocycles. The van der Waals surface area contributed by atoms with Gasteiger partial charge < -0.3 is 9.47 Å². The summed E-state index contributed by atoms with van der Waals surface area (Å²) in [5, 5.41) is 0. The fourth-order valence-corrected chi connectivity index (χ4v) is 1.96. The molecule has 0 aliphatic carbocycles. The van der Waals surface area contributed by atoms with Gasteiger partial charge in [-0.25, -0.2) is 0 Å². The van der Waals surface area contributed by atoms with Crippen LogP contribution in [0.15, 0.2) is 35.6 Å². The minimum absolute atomic E-state index is 0.208. The van der Waals surface area contributed by atoms with E-state index in [2.05, 4.69) is 33.8 Å². The molecule has 0 radical (unpaired) electrons. The number of hydrogen-bond donors (Lipinski definition) is 0. The molecule has 2 heteroatoms. The molecule has 0 saturated carbocycles. The average Bonchev–Trinajstić information content (AvgIpc) is 3.25. The van der Waals surface area contributed by atoms with Crippen molar-refractivity contribution in [3.63, 3.8) is 0 Å². The van der Waals surface area contributed by atoms with E-state index in [0.717, 1.165) is 25.2 Å². The lowest BCUT2D eigenvalue weighted by atomic mass is 9.77. The molecular formula is C17H28O2. The first-order valence-electron chi connectivity index (χ1n) is 7.32. The first-order chi connectivity index (χ1) is 9.07. The molecule has 108 valence electrons. The van der Waals surface area contributed by atoms with Crippen molar-refractivity contribution in [2.75, 3.05) is 13.2 Å². The Balaban J connectivity index is 2.88. The number of epoxide rings is 1. The number of hydrogen-bond acceptors (Lipinski definition) is 2. The van der Waals surface area contributed by atoms with E-state index in [0.29, 0.717) is 12.7 Å². The maximum Gasteiger partial charge on any atom is 0.118 e. The Morgan fingerprint density at radius 3 is 2.42 bits per heavy atom. The third-order valence-corrected chi connectivity index (χ3v) is 4.21. The largest absolute Gasteiger partial charge is 0.491 e. The lowest BCUT2D eigenvalue weighted by Crippen LogP contribution is -2.18. The van der Waals surface area contributed by atoms with E-state index < -0.39 is 0 Å². The summed E-state index contributed by atoms with van der Waals surface area (Å²) >= 11 is 0. The van der Waals surface area contributed by atoms with Gasteiger partial charge >= 0.3 is 0 Å². The van der Waals surface area contributed by atoms with Gasteiger partial charge in [-0.3, -0.25) is 0 Å². The van der Waals surface area contributed by atoms with Gasteiger partial charge in [-0.1, -0.05) is 39.0 Å². The van der Waals surface area contributed by atoms with E-state index in [4.69, 9.17) is 9.47 Å². The van der Waals surface area contributed by atoms with Gasteiger partial charge in [0.15, 0.2) is 0 Å². The fourth-order valence-electron chi connectivity index (χ4n) is 1.96. The molecule has 1 aliphatic heterocycles. The number of allylic oxidation sites excluding steroid dienone is 5. The van der Waals surface area contributed by atoms with E-state index in [9.17, 15) is 0 Å². The summed E-state index contributed by atoms with van der Waals surface area (Å²) in [5.74, 6) is 1.000. The van der Waals surface area contributed by atoms with E-state index in [1.54, 1.807) is 0 Å². The second-order valence-corrected chi connectivity index (χ2v) is 5.41. The minimum Gasteiger partial charge on any atom is -0.491 e. The van der Waals surface area contributed by atoms with Gasteiger partial charge in [-0.2, -0.15) is 0 Å². The molecule has 0 bridgehead atoms. The predicted octanol–water partition coefficient (Wildman–Crippen LogP) is 4.63. The smallest absolute Gasteiger partial charge is 0.118 e. The molecule has 2 nitrogen and oxygen atoms in total. The summed E-state index contributed by atoms with van der Waals surface area (Å²) in [6, 6.07) is 0. The van der Waals surface area contributed by atoms with E-state index in [1.165, 1.54) is 5.57 Å². The molecule has 19 heavy (non-hydrogen) atoms. The maximum absolute atomic E-state index is 5.96. The molecule has 1 aliphatic rings. The van der Waals surface area contributed by atoms with Crippen LogP contribution in [0.1, 0.15) is 47.5 Å². The van der Waals surface area contributed by atoms with Crippen molar-refractivity contribution in [3.8, 4) is 0 Å². The Bertz CT molecular complexity index is 355. The lowest BCUT2D eigenvalue weighted by molar-refractivity contribution is 0.182. The summed E-state index contributed by atoms with van der Waals surface area (Å²) in [6.07, 6.45) is 10.7. The third-order valence-electron chi connectivity index (χ3n) is 4.21. The quantitative estimate of drug-likeness (QED) is 0.362. The third kappa shape index (κ3) is 4.87. The van der Waals surface area contributed by atoms with Gasteiger partial charge in [0, 0.05) is 0 Å². The molecule has 1 saturated heterocycles. The topological polar surface area (TPSA) is 21.8 Å².